The van der Waals surface area contributed by atoms with Gasteiger partial charge in [0.05, 0.1) is 28.9 Å². The van der Waals surface area contributed by atoms with Crippen molar-refractivity contribution in [2.24, 2.45) is 0 Å². The van der Waals surface area contributed by atoms with Gasteiger partial charge in [-0.2, -0.15) is 5.26 Å². The molecule has 0 radical (unpaired) electrons. The summed E-state index contributed by atoms with van der Waals surface area (Å²) >= 11 is 4.40. The van der Waals surface area contributed by atoms with Gasteiger partial charge in [-0.25, -0.2) is 0 Å². The van der Waals surface area contributed by atoms with Gasteiger partial charge in [-0.05, 0) is 23.8 Å². The average molecular weight is 280 g/mol. The third-order valence-corrected chi connectivity index (χ3v) is 3.56. The van der Waals surface area contributed by atoms with Crippen LogP contribution >= 0.6 is 12.6 Å². The first-order chi connectivity index (χ1) is 9.79. The van der Waals surface area contributed by atoms with E-state index in [0.29, 0.717) is 10.6 Å². The SMILES string of the molecule is N#CC1=C(S)NC(c2ccccc2)=CC1c1ccco1. The Balaban J connectivity index is 2.06. The van der Waals surface area contributed by atoms with Crippen LogP contribution in [0.3, 0.4) is 0 Å². The number of hydrogen-bond donors (Lipinski definition) is 2. The minimum Gasteiger partial charge on any atom is -0.468 e. The number of rotatable bonds is 2. The molecule has 0 saturated carbocycles. The fraction of sp³-hybridized carbons (Fsp3) is 0.0625. The van der Waals surface area contributed by atoms with E-state index in [1.807, 2.05) is 48.5 Å². The van der Waals surface area contributed by atoms with Gasteiger partial charge in [0.2, 0.25) is 0 Å². The van der Waals surface area contributed by atoms with Gasteiger partial charge in [0.15, 0.2) is 0 Å². The molecular formula is C16H12N2OS. The summed E-state index contributed by atoms with van der Waals surface area (Å²) in [5.41, 5.74) is 2.53. The molecule has 20 heavy (non-hydrogen) atoms. The molecule has 1 unspecified atom stereocenters. The Morgan fingerprint density at radius 2 is 1.95 bits per heavy atom. The van der Waals surface area contributed by atoms with Crippen molar-refractivity contribution < 1.29 is 4.42 Å². The van der Waals surface area contributed by atoms with Crippen LogP contribution in [0.2, 0.25) is 0 Å². The number of thiol groups is 1. The molecule has 4 heteroatoms. The molecule has 0 bridgehead atoms. The Morgan fingerprint density at radius 3 is 2.60 bits per heavy atom. The lowest BCUT2D eigenvalue weighted by Crippen LogP contribution is -2.18. The first-order valence-electron chi connectivity index (χ1n) is 6.20. The van der Waals surface area contributed by atoms with E-state index in [-0.39, 0.29) is 5.92 Å². The standard InChI is InChI=1S/C16H12N2OS/c17-10-13-12(15-7-4-8-19-15)9-14(18-16(13)20)11-5-2-1-3-6-11/h1-9,12,18,20H. The van der Waals surface area contributed by atoms with E-state index in [1.54, 1.807) is 6.26 Å². The van der Waals surface area contributed by atoms with Gasteiger partial charge >= 0.3 is 0 Å². The number of nitriles is 1. The summed E-state index contributed by atoms with van der Waals surface area (Å²) in [6.45, 7) is 0. The quantitative estimate of drug-likeness (QED) is 0.825. The molecule has 1 aliphatic heterocycles. The summed E-state index contributed by atoms with van der Waals surface area (Å²) < 4.78 is 5.45. The van der Waals surface area contributed by atoms with Gasteiger partial charge < -0.3 is 9.73 Å². The Kier molecular flexibility index (Phi) is 3.36. The van der Waals surface area contributed by atoms with Crippen LogP contribution in [0.1, 0.15) is 17.2 Å². The van der Waals surface area contributed by atoms with E-state index in [0.717, 1.165) is 17.0 Å². The molecule has 0 fully saturated rings. The molecular weight excluding hydrogens is 268 g/mol. The van der Waals surface area contributed by atoms with Gasteiger partial charge in [-0.1, -0.05) is 30.3 Å². The maximum absolute atomic E-state index is 9.32. The van der Waals surface area contributed by atoms with Crippen LogP contribution in [0.25, 0.3) is 5.70 Å². The molecule has 0 amide bonds. The molecule has 1 atom stereocenters. The highest BCUT2D eigenvalue weighted by Gasteiger charge is 2.25. The highest BCUT2D eigenvalue weighted by Crippen LogP contribution is 2.35. The zero-order valence-corrected chi connectivity index (χ0v) is 11.5. The molecule has 3 nitrogen and oxygen atoms in total. The molecule has 0 saturated heterocycles. The number of hydrogen-bond acceptors (Lipinski definition) is 4. The molecule has 3 rings (SSSR count). The van der Waals surface area contributed by atoms with E-state index in [1.165, 1.54) is 0 Å². The predicted octanol–water partition coefficient (Wildman–Crippen LogP) is 3.67. The van der Waals surface area contributed by atoms with Crippen molar-refractivity contribution >= 4 is 18.3 Å². The van der Waals surface area contributed by atoms with E-state index in [9.17, 15) is 5.26 Å². The Labute approximate surface area is 122 Å². The van der Waals surface area contributed by atoms with Gasteiger partial charge in [0.1, 0.15) is 5.76 Å². The lowest BCUT2D eigenvalue weighted by molar-refractivity contribution is 0.505. The van der Waals surface area contributed by atoms with Crippen molar-refractivity contribution in [1.82, 2.24) is 5.32 Å². The van der Waals surface area contributed by atoms with Crippen molar-refractivity contribution in [2.45, 2.75) is 5.92 Å². The van der Waals surface area contributed by atoms with E-state index in [4.69, 9.17) is 4.42 Å². The first kappa shape index (κ1) is 12.6. The van der Waals surface area contributed by atoms with Crippen molar-refractivity contribution in [1.29, 1.82) is 5.26 Å². The summed E-state index contributed by atoms with van der Waals surface area (Å²) in [4.78, 5) is 0. The second kappa shape index (κ2) is 5.32. The summed E-state index contributed by atoms with van der Waals surface area (Å²) in [5, 5.41) is 13.1. The molecule has 1 aliphatic rings. The Morgan fingerprint density at radius 1 is 1.15 bits per heavy atom. The first-order valence-corrected chi connectivity index (χ1v) is 6.65. The van der Waals surface area contributed by atoms with E-state index in [2.05, 4.69) is 24.0 Å². The summed E-state index contributed by atoms with van der Waals surface area (Å²) in [5.74, 6) is 0.530. The lowest BCUT2D eigenvalue weighted by atomic mass is 9.93. The van der Waals surface area contributed by atoms with E-state index >= 15 is 0 Å². The molecule has 1 N–H and O–H groups in total. The molecule has 0 aliphatic carbocycles. The molecule has 98 valence electrons. The normalized spacial score (nSPS) is 18.2. The molecule has 2 heterocycles. The topological polar surface area (TPSA) is 49.0 Å². The van der Waals surface area contributed by atoms with Crippen LogP contribution < -0.4 is 5.32 Å². The summed E-state index contributed by atoms with van der Waals surface area (Å²) in [6, 6.07) is 15.8. The minimum absolute atomic E-state index is 0.209. The number of allylic oxidation sites excluding steroid dienone is 2. The molecule has 1 aromatic heterocycles. The van der Waals surface area contributed by atoms with Gasteiger partial charge in [-0.15, -0.1) is 12.6 Å². The molecule has 1 aromatic carbocycles. The summed E-state index contributed by atoms with van der Waals surface area (Å²) in [6.07, 6.45) is 3.60. The van der Waals surface area contributed by atoms with Gasteiger partial charge in [0.25, 0.3) is 0 Å². The molecule has 0 spiro atoms. The third kappa shape index (κ3) is 2.24. The monoisotopic (exact) mass is 280 g/mol. The third-order valence-electron chi connectivity index (χ3n) is 3.21. The average Bonchev–Trinajstić information content (AvgIpc) is 3.01. The van der Waals surface area contributed by atoms with Crippen LogP contribution in [0.4, 0.5) is 0 Å². The Hall–Kier alpha value is -2.38. The zero-order valence-electron chi connectivity index (χ0n) is 10.6. The smallest absolute Gasteiger partial charge is 0.115 e. The lowest BCUT2D eigenvalue weighted by Gasteiger charge is -2.22. The number of benzene rings is 1. The maximum Gasteiger partial charge on any atom is 0.115 e. The van der Waals surface area contributed by atoms with Gasteiger partial charge in [0, 0.05) is 5.70 Å². The van der Waals surface area contributed by atoms with Crippen molar-refractivity contribution in [2.75, 3.05) is 0 Å². The maximum atomic E-state index is 9.32. The predicted molar refractivity (Wildman–Crippen MR) is 80.6 cm³/mol. The highest BCUT2D eigenvalue weighted by molar-refractivity contribution is 7.84. The summed E-state index contributed by atoms with van der Waals surface area (Å²) in [7, 11) is 0. The number of furan rings is 1. The van der Waals surface area contributed by atoms with Crippen LogP contribution in [0, 0.1) is 11.3 Å². The number of nitrogens with zero attached hydrogens (tertiary/aromatic N) is 1. The molecule has 2 aromatic rings. The zero-order chi connectivity index (χ0) is 13.9. The van der Waals surface area contributed by atoms with Crippen LogP contribution in [0.5, 0.6) is 0 Å². The highest BCUT2D eigenvalue weighted by atomic mass is 32.1. The van der Waals surface area contributed by atoms with Gasteiger partial charge in [-0.3, -0.25) is 0 Å². The number of dihydropyridines is 1. The second-order valence-electron chi connectivity index (χ2n) is 4.44. The van der Waals surface area contributed by atoms with Crippen molar-refractivity contribution in [3.05, 3.63) is 76.7 Å². The Bertz CT molecular complexity index is 709. The fourth-order valence-corrected chi connectivity index (χ4v) is 2.54. The largest absolute Gasteiger partial charge is 0.468 e. The van der Waals surface area contributed by atoms with E-state index < -0.39 is 0 Å². The second-order valence-corrected chi connectivity index (χ2v) is 4.89. The van der Waals surface area contributed by atoms with Crippen molar-refractivity contribution in [3.63, 3.8) is 0 Å². The van der Waals surface area contributed by atoms with Crippen LogP contribution in [-0.2, 0) is 0 Å². The fourth-order valence-electron chi connectivity index (χ4n) is 2.24. The number of nitrogens with one attached hydrogen (secondary N) is 1. The van der Waals surface area contributed by atoms with Crippen molar-refractivity contribution in [3.8, 4) is 6.07 Å². The van der Waals surface area contributed by atoms with Crippen LogP contribution in [0.15, 0.2) is 69.8 Å². The minimum atomic E-state index is -0.209. The van der Waals surface area contributed by atoms with Crippen LogP contribution in [-0.4, -0.2) is 0 Å².